The molecule has 1 heterocycles. The van der Waals surface area contributed by atoms with Gasteiger partial charge in [0.1, 0.15) is 16.8 Å². The van der Waals surface area contributed by atoms with E-state index in [1.165, 1.54) is 0 Å². The average Bonchev–Trinajstić information content (AvgIpc) is 2.49. The number of nitrogens with zero attached hydrogens (tertiary/aromatic N) is 2. The SMILES string of the molecule is Cc1cc(I)c2nc3cc4ccccc4cc3nc2c1O. The molecule has 21 heavy (non-hydrogen) atoms. The monoisotopic (exact) mass is 386 g/mol. The number of fused-ring (bicyclic) bond motifs is 3. The van der Waals surface area contributed by atoms with Gasteiger partial charge >= 0.3 is 0 Å². The number of aryl methyl sites for hydroxylation is 1. The summed E-state index contributed by atoms with van der Waals surface area (Å²) in [4.78, 5) is 9.33. The number of phenols is 1. The van der Waals surface area contributed by atoms with Crippen LogP contribution in [0.4, 0.5) is 0 Å². The standard InChI is InChI=1S/C17H11IN2O/c1-9-6-12(18)15-16(17(9)21)20-14-8-11-5-3-2-4-10(11)7-13(14)19-15/h2-8,21H,1H3. The normalized spacial score (nSPS) is 11.5. The Bertz CT molecular complexity index is 1030. The van der Waals surface area contributed by atoms with Gasteiger partial charge < -0.3 is 5.11 Å². The van der Waals surface area contributed by atoms with Crippen LogP contribution in [0.2, 0.25) is 0 Å². The van der Waals surface area contributed by atoms with Crippen molar-refractivity contribution in [2.45, 2.75) is 6.92 Å². The van der Waals surface area contributed by atoms with Crippen LogP contribution in [0.1, 0.15) is 5.56 Å². The number of rotatable bonds is 0. The number of aromatic nitrogens is 2. The maximum Gasteiger partial charge on any atom is 0.146 e. The highest BCUT2D eigenvalue weighted by atomic mass is 127. The summed E-state index contributed by atoms with van der Waals surface area (Å²) in [5.74, 6) is 0.216. The van der Waals surface area contributed by atoms with E-state index in [-0.39, 0.29) is 5.75 Å². The summed E-state index contributed by atoms with van der Waals surface area (Å²) in [5, 5.41) is 12.5. The van der Waals surface area contributed by atoms with Crippen molar-refractivity contribution in [2.75, 3.05) is 0 Å². The van der Waals surface area contributed by atoms with Gasteiger partial charge in [0.25, 0.3) is 0 Å². The zero-order chi connectivity index (χ0) is 14.6. The fourth-order valence-corrected chi connectivity index (χ4v) is 3.43. The molecule has 0 aliphatic rings. The topological polar surface area (TPSA) is 46.0 Å². The molecule has 0 unspecified atom stereocenters. The third kappa shape index (κ3) is 1.93. The number of hydrogen-bond donors (Lipinski definition) is 1. The van der Waals surface area contributed by atoms with Crippen molar-refractivity contribution >= 4 is 55.4 Å². The smallest absolute Gasteiger partial charge is 0.146 e. The Morgan fingerprint density at radius 2 is 1.48 bits per heavy atom. The molecule has 0 aliphatic carbocycles. The summed E-state index contributed by atoms with van der Waals surface area (Å²) in [7, 11) is 0. The van der Waals surface area contributed by atoms with Gasteiger partial charge in [-0.25, -0.2) is 9.97 Å². The van der Waals surface area contributed by atoms with E-state index in [0.29, 0.717) is 5.52 Å². The predicted molar refractivity (Wildman–Crippen MR) is 93.7 cm³/mol. The Balaban J connectivity index is 2.20. The molecule has 4 rings (SSSR count). The first kappa shape index (κ1) is 12.8. The second-order valence-electron chi connectivity index (χ2n) is 5.13. The molecule has 4 aromatic rings. The molecule has 0 spiro atoms. The first-order chi connectivity index (χ1) is 10.1. The number of phenolic OH excluding ortho intramolecular Hbond substituents is 1. The maximum absolute atomic E-state index is 10.2. The molecule has 1 aromatic heterocycles. The molecule has 0 aliphatic heterocycles. The summed E-state index contributed by atoms with van der Waals surface area (Å²) in [6.45, 7) is 1.88. The molecular formula is C17H11IN2O. The predicted octanol–water partition coefficient (Wildman–Crippen LogP) is 4.55. The first-order valence-electron chi connectivity index (χ1n) is 6.62. The van der Waals surface area contributed by atoms with Gasteiger partial charge in [-0.05, 0) is 64.0 Å². The maximum atomic E-state index is 10.2. The van der Waals surface area contributed by atoms with Gasteiger partial charge in [-0.15, -0.1) is 0 Å². The lowest BCUT2D eigenvalue weighted by Crippen LogP contribution is -1.92. The summed E-state index contributed by atoms with van der Waals surface area (Å²) in [5.41, 5.74) is 3.80. The summed E-state index contributed by atoms with van der Waals surface area (Å²) in [6.07, 6.45) is 0. The minimum Gasteiger partial charge on any atom is -0.505 e. The third-order valence-corrected chi connectivity index (χ3v) is 4.52. The third-order valence-electron chi connectivity index (χ3n) is 3.70. The molecule has 0 saturated carbocycles. The lowest BCUT2D eigenvalue weighted by atomic mass is 10.1. The first-order valence-corrected chi connectivity index (χ1v) is 7.70. The number of benzene rings is 3. The van der Waals surface area contributed by atoms with Gasteiger partial charge in [-0.2, -0.15) is 0 Å². The van der Waals surface area contributed by atoms with Gasteiger partial charge in [-0.3, -0.25) is 0 Å². The summed E-state index contributed by atoms with van der Waals surface area (Å²) < 4.78 is 1.00. The van der Waals surface area contributed by atoms with Crippen molar-refractivity contribution in [3.8, 4) is 5.75 Å². The molecule has 3 nitrogen and oxygen atoms in total. The molecule has 3 aromatic carbocycles. The van der Waals surface area contributed by atoms with E-state index in [1.807, 2.05) is 37.3 Å². The Morgan fingerprint density at radius 1 is 0.905 bits per heavy atom. The van der Waals surface area contributed by atoms with E-state index in [0.717, 1.165) is 36.5 Å². The van der Waals surface area contributed by atoms with Gasteiger partial charge in [0.05, 0.1) is 11.0 Å². The number of aromatic hydroxyl groups is 1. The van der Waals surface area contributed by atoms with Crippen LogP contribution in [-0.4, -0.2) is 15.1 Å². The van der Waals surface area contributed by atoms with Crippen LogP contribution < -0.4 is 0 Å². The molecule has 0 radical (unpaired) electrons. The van der Waals surface area contributed by atoms with E-state index in [2.05, 4.69) is 39.7 Å². The van der Waals surface area contributed by atoms with Crippen LogP contribution in [-0.2, 0) is 0 Å². The number of halogens is 1. The highest BCUT2D eigenvalue weighted by molar-refractivity contribution is 14.1. The van der Waals surface area contributed by atoms with Crippen LogP contribution >= 0.6 is 22.6 Å². The highest BCUT2D eigenvalue weighted by Gasteiger charge is 2.12. The van der Waals surface area contributed by atoms with E-state index in [4.69, 9.17) is 4.98 Å². The van der Waals surface area contributed by atoms with Gasteiger partial charge in [0.15, 0.2) is 0 Å². The van der Waals surface area contributed by atoms with E-state index < -0.39 is 0 Å². The fourth-order valence-electron chi connectivity index (χ4n) is 2.59. The van der Waals surface area contributed by atoms with Crippen molar-refractivity contribution in [3.05, 3.63) is 51.6 Å². The van der Waals surface area contributed by atoms with E-state index >= 15 is 0 Å². The lowest BCUT2D eigenvalue weighted by Gasteiger charge is -2.08. The van der Waals surface area contributed by atoms with Crippen molar-refractivity contribution < 1.29 is 5.11 Å². The minimum absolute atomic E-state index is 0.216. The molecule has 0 atom stereocenters. The van der Waals surface area contributed by atoms with Crippen molar-refractivity contribution in [1.29, 1.82) is 0 Å². The quantitative estimate of drug-likeness (QED) is 0.356. The molecule has 0 amide bonds. The molecule has 0 fully saturated rings. The largest absolute Gasteiger partial charge is 0.505 e. The fraction of sp³-hybridized carbons (Fsp3) is 0.0588. The van der Waals surface area contributed by atoms with Crippen LogP contribution in [0.15, 0.2) is 42.5 Å². The van der Waals surface area contributed by atoms with Gasteiger partial charge in [0.2, 0.25) is 0 Å². The summed E-state index contributed by atoms with van der Waals surface area (Å²) >= 11 is 2.24. The minimum atomic E-state index is 0.216. The molecule has 0 saturated heterocycles. The van der Waals surface area contributed by atoms with Crippen LogP contribution in [0.25, 0.3) is 32.8 Å². The number of hydrogen-bond acceptors (Lipinski definition) is 3. The average molecular weight is 386 g/mol. The van der Waals surface area contributed by atoms with Crippen LogP contribution in [0.3, 0.4) is 0 Å². The molecule has 4 heteroatoms. The highest BCUT2D eigenvalue weighted by Crippen LogP contribution is 2.32. The Labute approximate surface area is 134 Å². The van der Waals surface area contributed by atoms with Crippen molar-refractivity contribution in [2.24, 2.45) is 0 Å². The lowest BCUT2D eigenvalue weighted by molar-refractivity contribution is 0.476. The molecule has 102 valence electrons. The zero-order valence-corrected chi connectivity index (χ0v) is 13.4. The molecular weight excluding hydrogens is 375 g/mol. The van der Waals surface area contributed by atoms with Crippen LogP contribution in [0.5, 0.6) is 5.75 Å². The zero-order valence-electron chi connectivity index (χ0n) is 11.3. The second kappa shape index (κ2) is 4.53. The van der Waals surface area contributed by atoms with E-state index in [9.17, 15) is 5.11 Å². The van der Waals surface area contributed by atoms with Crippen molar-refractivity contribution in [3.63, 3.8) is 0 Å². The Kier molecular flexibility index (Phi) is 2.75. The molecule has 1 N–H and O–H groups in total. The summed E-state index contributed by atoms with van der Waals surface area (Å²) in [6, 6.07) is 14.1. The van der Waals surface area contributed by atoms with Gasteiger partial charge in [0, 0.05) is 3.57 Å². The van der Waals surface area contributed by atoms with Gasteiger partial charge in [-0.1, -0.05) is 24.3 Å². The Morgan fingerprint density at radius 3 is 2.10 bits per heavy atom. The second-order valence-corrected chi connectivity index (χ2v) is 6.29. The van der Waals surface area contributed by atoms with Crippen LogP contribution in [0, 0.1) is 10.5 Å². The molecule has 0 bridgehead atoms. The van der Waals surface area contributed by atoms with Crippen molar-refractivity contribution in [1.82, 2.24) is 9.97 Å². The Hall–Kier alpha value is -1.95. The van der Waals surface area contributed by atoms with E-state index in [1.54, 1.807) is 0 Å².